The predicted molar refractivity (Wildman–Crippen MR) is 63.6 cm³/mol. The minimum atomic E-state index is -2.84. The minimum Gasteiger partial charge on any atom is -0.229 e. The summed E-state index contributed by atoms with van der Waals surface area (Å²) in [5.74, 6) is 0.956. The zero-order valence-corrected chi connectivity index (χ0v) is 11.3. The summed E-state index contributed by atoms with van der Waals surface area (Å²) >= 11 is 3.44. The standard InChI is InChI=1S/C10H19BrO2S/c1-9(2)6-14(12,13)8-10(7-11)4-3-5-10/h9H,3-8H2,1-2H3. The van der Waals surface area contributed by atoms with Gasteiger partial charge in [-0.25, -0.2) is 8.42 Å². The maximum atomic E-state index is 11.8. The third-order valence-corrected chi connectivity index (χ3v) is 6.23. The molecule has 1 fully saturated rings. The Morgan fingerprint density at radius 3 is 2.21 bits per heavy atom. The van der Waals surface area contributed by atoms with Gasteiger partial charge in [0.1, 0.15) is 0 Å². The molecule has 4 heteroatoms. The molecule has 0 aliphatic heterocycles. The van der Waals surface area contributed by atoms with Crippen LogP contribution in [0.5, 0.6) is 0 Å². The van der Waals surface area contributed by atoms with Gasteiger partial charge in [0.2, 0.25) is 0 Å². The second kappa shape index (κ2) is 4.52. The lowest BCUT2D eigenvalue weighted by Crippen LogP contribution is -2.39. The Morgan fingerprint density at radius 1 is 1.36 bits per heavy atom. The molecule has 0 bridgehead atoms. The van der Waals surface area contributed by atoms with Gasteiger partial charge in [0, 0.05) is 5.33 Å². The summed E-state index contributed by atoms with van der Waals surface area (Å²) in [5, 5.41) is 0.831. The van der Waals surface area contributed by atoms with E-state index in [0.717, 1.165) is 18.2 Å². The second-order valence-electron chi connectivity index (χ2n) is 4.94. The van der Waals surface area contributed by atoms with Gasteiger partial charge in [0.15, 0.2) is 9.84 Å². The van der Waals surface area contributed by atoms with Crippen molar-refractivity contribution >= 4 is 25.8 Å². The van der Waals surface area contributed by atoms with Gasteiger partial charge in [-0.2, -0.15) is 0 Å². The van der Waals surface area contributed by atoms with Gasteiger partial charge in [-0.1, -0.05) is 36.2 Å². The fourth-order valence-corrected chi connectivity index (χ4v) is 5.51. The van der Waals surface area contributed by atoms with Crippen LogP contribution in [0.25, 0.3) is 0 Å². The van der Waals surface area contributed by atoms with Crippen LogP contribution in [-0.2, 0) is 9.84 Å². The molecule has 0 atom stereocenters. The van der Waals surface area contributed by atoms with Gasteiger partial charge >= 0.3 is 0 Å². The molecule has 1 aliphatic carbocycles. The molecule has 14 heavy (non-hydrogen) atoms. The van der Waals surface area contributed by atoms with Crippen molar-refractivity contribution in [2.45, 2.75) is 33.1 Å². The van der Waals surface area contributed by atoms with E-state index >= 15 is 0 Å². The summed E-state index contributed by atoms with van der Waals surface area (Å²) in [4.78, 5) is 0. The number of hydrogen-bond acceptors (Lipinski definition) is 2. The van der Waals surface area contributed by atoms with E-state index in [0.29, 0.717) is 11.5 Å². The van der Waals surface area contributed by atoms with Crippen LogP contribution in [0.4, 0.5) is 0 Å². The molecule has 2 nitrogen and oxygen atoms in total. The molecule has 0 aromatic heterocycles. The van der Waals surface area contributed by atoms with Crippen LogP contribution in [0, 0.1) is 11.3 Å². The summed E-state index contributed by atoms with van der Waals surface area (Å²) in [6.45, 7) is 3.91. The maximum absolute atomic E-state index is 11.8. The first-order valence-corrected chi connectivity index (χ1v) is 8.10. The molecular formula is C10H19BrO2S. The van der Waals surface area contributed by atoms with Gasteiger partial charge in [-0.15, -0.1) is 0 Å². The highest BCUT2D eigenvalue weighted by atomic mass is 79.9. The van der Waals surface area contributed by atoms with Crippen molar-refractivity contribution < 1.29 is 8.42 Å². The Morgan fingerprint density at radius 2 is 1.93 bits per heavy atom. The van der Waals surface area contributed by atoms with E-state index in [1.54, 1.807) is 0 Å². The summed E-state index contributed by atoms with van der Waals surface area (Å²) in [6.07, 6.45) is 3.31. The molecule has 0 radical (unpaired) electrons. The van der Waals surface area contributed by atoms with E-state index in [4.69, 9.17) is 0 Å². The van der Waals surface area contributed by atoms with Crippen molar-refractivity contribution in [2.75, 3.05) is 16.8 Å². The molecular weight excluding hydrogens is 264 g/mol. The first-order chi connectivity index (χ1) is 6.39. The lowest BCUT2D eigenvalue weighted by molar-refractivity contribution is 0.203. The lowest BCUT2D eigenvalue weighted by Gasteiger charge is -2.40. The highest BCUT2D eigenvalue weighted by Crippen LogP contribution is 2.43. The van der Waals surface area contributed by atoms with Crippen LogP contribution in [0.1, 0.15) is 33.1 Å². The SMILES string of the molecule is CC(C)CS(=O)(=O)CC1(CBr)CCC1. The molecule has 0 aromatic rings. The monoisotopic (exact) mass is 282 g/mol. The molecule has 0 N–H and O–H groups in total. The number of sulfone groups is 1. The minimum absolute atomic E-state index is 0.0632. The molecule has 0 heterocycles. The van der Waals surface area contributed by atoms with E-state index in [9.17, 15) is 8.42 Å². The zero-order chi connectivity index (χ0) is 10.8. The molecule has 0 amide bonds. The van der Waals surface area contributed by atoms with E-state index in [1.165, 1.54) is 6.42 Å². The van der Waals surface area contributed by atoms with Crippen molar-refractivity contribution in [1.29, 1.82) is 0 Å². The van der Waals surface area contributed by atoms with Crippen LogP contribution < -0.4 is 0 Å². The van der Waals surface area contributed by atoms with Gasteiger partial charge in [0.25, 0.3) is 0 Å². The van der Waals surface area contributed by atoms with Gasteiger partial charge in [-0.3, -0.25) is 0 Å². The first-order valence-electron chi connectivity index (χ1n) is 5.16. The molecule has 1 saturated carbocycles. The Bertz CT molecular complexity index is 273. The molecule has 1 aliphatic rings. The van der Waals surface area contributed by atoms with Crippen molar-refractivity contribution in [3.05, 3.63) is 0 Å². The molecule has 0 saturated heterocycles. The fraction of sp³-hybridized carbons (Fsp3) is 1.00. The van der Waals surface area contributed by atoms with E-state index < -0.39 is 9.84 Å². The average molecular weight is 283 g/mol. The van der Waals surface area contributed by atoms with Crippen LogP contribution in [0.15, 0.2) is 0 Å². The first kappa shape index (κ1) is 12.5. The molecule has 1 rings (SSSR count). The molecule has 0 unspecified atom stereocenters. The van der Waals surface area contributed by atoms with Crippen molar-refractivity contribution in [1.82, 2.24) is 0 Å². The highest BCUT2D eigenvalue weighted by Gasteiger charge is 2.39. The van der Waals surface area contributed by atoms with E-state index in [2.05, 4.69) is 15.9 Å². The third kappa shape index (κ3) is 3.23. The highest BCUT2D eigenvalue weighted by molar-refractivity contribution is 9.09. The Kier molecular flexibility index (Phi) is 4.03. The molecule has 0 aromatic carbocycles. The van der Waals surface area contributed by atoms with Crippen LogP contribution >= 0.6 is 15.9 Å². The topological polar surface area (TPSA) is 34.1 Å². The fourth-order valence-electron chi connectivity index (χ4n) is 2.03. The van der Waals surface area contributed by atoms with Crippen LogP contribution in [-0.4, -0.2) is 25.3 Å². The van der Waals surface area contributed by atoms with Crippen molar-refractivity contribution in [3.63, 3.8) is 0 Å². The molecule has 0 spiro atoms. The average Bonchev–Trinajstić information content (AvgIpc) is 1.94. The van der Waals surface area contributed by atoms with Gasteiger partial charge < -0.3 is 0 Å². The summed E-state index contributed by atoms with van der Waals surface area (Å²) in [6, 6.07) is 0. The quantitative estimate of drug-likeness (QED) is 0.727. The zero-order valence-electron chi connectivity index (χ0n) is 8.92. The Labute approximate surface area is 95.5 Å². The number of rotatable bonds is 5. The lowest BCUT2D eigenvalue weighted by atomic mass is 9.72. The summed E-state index contributed by atoms with van der Waals surface area (Å²) < 4.78 is 23.6. The van der Waals surface area contributed by atoms with E-state index in [1.807, 2.05) is 13.8 Å². The third-order valence-electron chi connectivity index (χ3n) is 2.81. The van der Waals surface area contributed by atoms with Crippen LogP contribution in [0.3, 0.4) is 0 Å². The largest absolute Gasteiger partial charge is 0.229 e. The van der Waals surface area contributed by atoms with E-state index in [-0.39, 0.29) is 11.3 Å². The number of halogens is 1. The van der Waals surface area contributed by atoms with Crippen molar-refractivity contribution in [2.24, 2.45) is 11.3 Å². The Balaban J connectivity index is 2.58. The van der Waals surface area contributed by atoms with Gasteiger partial charge in [0.05, 0.1) is 11.5 Å². The predicted octanol–water partition coefficient (Wildman–Crippen LogP) is 2.62. The number of alkyl halides is 1. The summed E-state index contributed by atoms with van der Waals surface area (Å²) in [7, 11) is -2.84. The van der Waals surface area contributed by atoms with Crippen molar-refractivity contribution in [3.8, 4) is 0 Å². The van der Waals surface area contributed by atoms with Crippen LogP contribution in [0.2, 0.25) is 0 Å². The number of hydrogen-bond donors (Lipinski definition) is 0. The molecule has 84 valence electrons. The smallest absolute Gasteiger partial charge is 0.151 e. The Hall–Kier alpha value is 0.430. The summed E-state index contributed by atoms with van der Waals surface area (Å²) in [5.41, 5.74) is 0.0632. The maximum Gasteiger partial charge on any atom is 0.151 e. The normalized spacial score (nSPS) is 20.9. The second-order valence-corrected chi connectivity index (χ2v) is 7.61. The van der Waals surface area contributed by atoms with Gasteiger partial charge in [-0.05, 0) is 24.2 Å².